The van der Waals surface area contributed by atoms with Crippen molar-refractivity contribution in [2.75, 3.05) is 52.4 Å². The number of rotatable bonds is 10. The summed E-state index contributed by atoms with van der Waals surface area (Å²) >= 11 is 6.15. The van der Waals surface area contributed by atoms with Crippen LogP contribution in [0.3, 0.4) is 0 Å². The summed E-state index contributed by atoms with van der Waals surface area (Å²) in [6.45, 7) is 13.4. The summed E-state index contributed by atoms with van der Waals surface area (Å²) in [4.78, 5) is 58.0. The summed E-state index contributed by atoms with van der Waals surface area (Å²) in [5, 5.41) is 8.59. The fourth-order valence-electron chi connectivity index (χ4n) is 7.48. The Morgan fingerprint density at radius 2 is 1.52 bits per heavy atom. The average Bonchev–Trinajstić information content (AvgIpc) is 3.07. The first kappa shape index (κ1) is 35.8. The van der Waals surface area contributed by atoms with Gasteiger partial charge in [0.15, 0.2) is 0 Å². The van der Waals surface area contributed by atoms with Gasteiger partial charge in [0.2, 0.25) is 23.6 Å². The van der Waals surface area contributed by atoms with Gasteiger partial charge >= 0.3 is 0 Å². The Morgan fingerprint density at radius 3 is 2.15 bits per heavy atom. The molecular formula is C37H51ClN6O4. The van der Waals surface area contributed by atoms with E-state index in [1.807, 2.05) is 40.1 Å². The molecule has 2 aromatic rings. The van der Waals surface area contributed by atoms with Gasteiger partial charge in [-0.15, -0.1) is 0 Å². The molecule has 3 aliphatic heterocycles. The van der Waals surface area contributed by atoms with Gasteiger partial charge in [0.25, 0.3) is 0 Å². The number of fused-ring (bicyclic) bond motifs is 1. The van der Waals surface area contributed by atoms with Gasteiger partial charge in [-0.25, -0.2) is 10.0 Å². The van der Waals surface area contributed by atoms with Crippen LogP contribution in [0.1, 0.15) is 69.7 Å². The third-order valence-electron chi connectivity index (χ3n) is 10.00. The number of carbonyl (C=O) groups is 4. The van der Waals surface area contributed by atoms with Gasteiger partial charge in [-0.3, -0.25) is 19.2 Å². The van der Waals surface area contributed by atoms with Crippen molar-refractivity contribution < 1.29 is 19.2 Å². The predicted molar refractivity (Wildman–Crippen MR) is 187 cm³/mol. The van der Waals surface area contributed by atoms with Crippen molar-refractivity contribution in [2.24, 2.45) is 5.92 Å². The lowest BCUT2D eigenvalue weighted by Gasteiger charge is -2.47. The highest BCUT2D eigenvalue weighted by Crippen LogP contribution is 2.32. The molecule has 0 radical (unpaired) electrons. The number of amides is 4. The van der Waals surface area contributed by atoms with Crippen molar-refractivity contribution in [3.8, 4) is 0 Å². The number of hydrazine groups is 1. The number of carbonyl (C=O) groups excluding carboxylic acids is 4. The maximum Gasteiger partial charge on any atom is 0.245 e. The molecule has 260 valence electrons. The van der Waals surface area contributed by atoms with Crippen LogP contribution in [-0.2, 0) is 32.0 Å². The van der Waals surface area contributed by atoms with E-state index in [4.69, 9.17) is 11.6 Å². The molecule has 3 heterocycles. The highest BCUT2D eigenvalue weighted by Gasteiger charge is 2.36. The van der Waals surface area contributed by atoms with Crippen molar-refractivity contribution in [3.63, 3.8) is 0 Å². The second-order valence-corrected chi connectivity index (χ2v) is 14.3. The lowest BCUT2D eigenvalue weighted by Crippen LogP contribution is -2.60. The number of hydrogen-bond acceptors (Lipinski definition) is 6. The molecule has 11 heteroatoms. The van der Waals surface area contributed by atoms with E-state index in [-0.39, 0.29) is 36.1 Å². The quantitative estimate of drug-likeness (QED) is 0.409. The topological polar surface area (TPSA) is 96.5 Å². The Hall–Kier alpha value is -3.47. The molecule has 3 aliphatic rings. The maximum atomic E-state index is 14.2. The molecule has 5 rings (SSSR count). The Labute approximate surface area is 290 Å². The predicted octanol–water partition coefficient (Wildman–Crippen LogP) is 3.93. The molecule has 2 atom stereocenters. The molecule has 0 saturated carbocycles. The van der Waals surface area contributed by atoms with Crippen molar-refractivity contribution >= 4 is 35.2 Å². The Morgan fingerprint density at radius 1 is 0.854 bits per heavy atom. The second-order valence-electron chi connectivity index (χ2n) is 13.9. The number of benzene rings is 2. The van der Waals surface area contributed by atoms with Gasteiger partial charge in [-0.2, -0.15) is 0 Å². The minimum Gasteiger partial charge on any atom is -0.344 e. The largest absolute Gasteiger partial charge is 0.344 e. The number of nitrogens with zero attached hydrogens (tertiary/aromatic N) is 5. The van der Waals surface area contributed by atoms with E-state index in [2.05, 4.69) is 35.2 Å². The number of likely N-dealkylation sites (tertiary alicyclic amines) is 1. The molecule has 1 N–H and O–H groups in total. The Bertz CT molecular complexity index is 1440. The summed E-state index contributed by atoms with van der Waals surface area (Å²) in [6.07, 6.45) is 2.85. The standard InChI is InChI=1S/C37H51ClN6O4/c1-26(2)25-44(42-21-19-40(20-22-42)27(3)45)32-14-16-41(17-15-32)37(48)34(23-29-9-11-31(38)12-10-29)39-36(47)24-35-33-8-6-5-7-30(33)13-18-43(35)28(4)46/h5-12,26,32,34-35H,13-25H2,1-4H3,(H,39,47)/t34-,35?/m1/s1. The number of piperazine rings is 1. The highest BCUT2D eigenvalue weighted by molar-refractivity contribution is 6.30. The van der Waals surface area contributed by atoms with Gasteiger partial charge in [0.05, 0.1) is 12.5 Å². The van der Waals surface area contributed by atoms with Crippen LogP contribution in [0, 0.1) is 5.92 Å². The summed E-state index contributed by atoms with van der Waals surface area (Å²) in [6, 6.07) is 14.6. The molecule has 2 fully saturated rings. The first-order chi connectivity index (χ1) is 23.0. The maximum absolute atomic E-state index is 14.2. The second kappa shape index (κ2) is 16.3. The first-order valence-electron chi connectivity index (χ1n) is 17.4. The fourth-order valence-corrected chi connectivity index (χ4v) is 7.60. The molecule has 0 bridgehead atoms. The smallest absolute Gasteiger partial charge is 0.245 e. The zero-order valence-corrected chi connectivity index (χ0v) is 29.6. The number of piperidine rings is 1. The number of hydrogen-bond donors (Lipinski definition) is 1. The van der Waals surface area contributed by atoms with Crippen LogP contribution in [0.25, 0.3) is 0 Å². The fraction of sp³-hybridized carbons (Fsp3) is 0.568. The van der Waals surface area contributed by atoms with E-state index in [0.717, 1.165) is 68.7 Å². The molecular weight excluding hydrogens is 628 g/mol. The molecule has 10 nitrogen and oxygen atoms in total. The zero-order valence-electron chi connectivity index (χ0n) is 28.9. The van der Waals surface area contributed by atoms with Crippen LogP contribution in [0.4, 0.5) is 0 Å². The third-order valence-corrected chi connectivity index (χ3v) is 10.2. The Balaban J connectivity index is 1.27. The van der Waals surface area contributed by atoms with Crippen LogP contribution in [0.5, 0.6) is 0 Å². The lowest BCUT2D eigenvalue weighted by molar-refractivity contribution is -0.144. The van der Waals surface area contributed by atoms with Crippen LogP contribution in [0.2, 0.25) is 5.02 Å². The summed E-state index contributed by atoms with van der Waals surface area (Å²) < 4.78 is 0. The normalized spacial score (nSPS) is 19.7. The molecule has 48 heavy (non-hydrogen) atoms. The third kappa shape index (κ3) is 8.95. The van der Waals surface area contributed by atoms with Crippen LogP contribution < -0.4 is 5.32 Å². The van der Waals surface area contributed by atoms with Gasteiger partial charge in [0, 0.05) is 83.7 Å². The molecule has 2 aromatic carbocycles. The molecule has 1 unspecified atom stereocenters. The van der Waals surface area contributed by atoms with Gasteiger partial charge < -0.3 is 20.0 Å². The van der Waals surface area contributed by atoms with Crippen molar-refractivity contribution in [1.29, 1.82) is 0 Å². The van der Waals surface area contributed by atoms with E-state index in [0.29, 0.717) is 43.0 Å². The van der Waals surface area contributed by atoms with Crippen molar-refractivity contribution in [2.45, 2.75) is 77.9 Å². The number of halogens is 1. The molecule has 0 spiro atoms. The van der Waals surface area contributed by atoms with Gasteiger partial charge in [-0.05, 0) is 54.0 Å². The van der Waals surface area contributed by atoms with E-state index in [1.165, 1.54) is 0 Å². The summed E-state index contributed by atoms with van der Waals surface area (Å²) in [5.74, 6) is 0.195. The summed E-state index contributed by atoms with van der Waals surface area (Å²) in [7, 11) is 0. The van der Waals surface area contributed by atoms with E-state index >= 15 is 0 Å². The molecule has 2 saturated heterocycles. The average molecular weight is 679 g/mol. The first-order valence-corrected chi connectivity index (χ1v) is 17.8. The number of nitrogens with one attached hydrogen (secondary N) is 1. The van der Waals surface area contributed by atoms with Crippen LogP contribution in [0.15, 0.2) is 48.5 Å². The van der Waals surface area contributed by atoms with E-state index in [9.17, 15) is 19.2 Å². The minimum atomic E-state index is -0.744. The SMILES string of the molecule is CC(=O)N1CCN(N(CC(C)C)C2CCN(C(=O)[C@@H](Cc3ccc(Cl)cc3)NC(=O)CC3c4ccccc4CCN3C(C)=O)CC2)CC1. The van der Waals surface area contributed by atoms with Gasteiger partial charge in [0.1, 0.15) is 6.04 Å². The van der Waals surface area contributed by atoms with Crippen molar-refractivity contribution in [1.82, 2.24) is 30.0 Å². The van der Waals surface area contributed by atoms with Crippen LogP contribution >= 0.6 is 11.6 Å². The van der Waals surface area contributed by atoms with Crippen LogP contribution in [-0.4, -0.2) is 113 Å². The Kier molecular flexibility index (Phi) is 12.2. The lowest BCUT2D eigenvalue weighted by atomic mass is 9.90. The zero-order chi connectivity index (χ0) is 34.4. The molecule has 0 aliphatic carbocycles. The molecule has 0 aromatic heterocycles. The molecule has 4 amide bonds. The van der Waals surface area contributed by atoms with E-state index in [1.54, 1.807) is 30.9 Å². The van der Waals surface area contributed by atoms with Gasteiger partial charge in [-0.1, -0.05) is 61.8 Å². The summed E-state index contributed by atoms with van der Waals surface area (Å²) in [5.41, 5.74) is 3.05. The monoisotopic (exact) mass is 678 g/mol. The van der Waals surface area contributed by atoms with Crippen molar-refractivity contribution in [3.05, 3.63) is 70.2 Å². The minimum absolute atomic E-state index is 0.0637. The highest BCUT2D eigenvalue weighted by atomic mass is 35.5. The van der Waals surface area contributed by atoms with E-state index < -0.39 is 6.04 Å².